The van der Waals surface area contributed by atoms with Crippen LogP contribution in [0.2, 0.25) is 5.02 Å². The molecule has 0 radical (unpaired) electrons. The molecular weight excluding hydrogens is 492 g/mol. The standard InChI is InChI=1S/C28H27ClN4O4/c1-32(2)28-30-17-25(37-28)26(34)31-22-9-5-18(6-10-22)19-13-15-33(16-14-19)27(35)24-12-11-23(36-24)20-3-7-21(29)8-4-20/h3-12,17,19H,13-16H2,1-2H3,(H,31,34). The van der Waals surface area contributed by atoms with Gasteiger partial charge in [0.15, 0.2) is 5.76 Å². The summed E-state index contributed by atoms with van der Waals surface area (Å²) in [7, 11) is 3.59. The van der Waals surface area contributed by atoms with E-state index in [-0.39, 0.29) is 17.6 Å². The topological polar surface area (TPSA) is 91.8 Å². The van der Waals surface area contributed by atoms with Crippen molar-refractivity contribution in [2.75, 3.05) is 37.4 Å². The van der Waals surface area contributed by atoms with E-state index in [2.05, 4.69) is 10.3 Å². The fraction of sp³-hybridized carbons (Fsp3) is 0.250. The normalized spacial score (nSPS) is 14.0. The summed E-state index contributed by atoms with van der Waals surface area (Å²) in [6, 6.07) is 19.1. The van der Waals surface area contributed by atoms with Crippen molar-refractivity contribution in [2.45, 2.75) is 18.8 Å². The summed E-state index contributed by atoms with van der Waals surface area (Å²) in [6.45, 7) is 1.30. The fourth-order valence-electron chi connectivity index (χ4n) is 4.40. The Kier molecular flexibility index (Phi) is 7.01. The zero-order chi connectivity index (χ0) is 25.9. The number of likely N-dealkylation sites (tertiary alicyclic amines) is 1. The van der Waals surface area contributed by atoms with Gasteiger partial charge in [-0.05, 0) is 72.9 Å². The van der Waals surface area contributed by atoms with Crippen LogP contribution in [-0.4, -0.2) is 48.9 Å². The van der Waals surface area contributed by atoms with Crippen LogP contribution < -0.4 is 10.2 Å². The number of anilines is 2. The molecule has 9 heteroatoms. The summed E-state index contributed by atoms with van der Waals surface area (Å²) in [5.74, 6) is 1.03. The number of rotatable bonds is 6. The van der Waals surface area contributed by atoms with Gasteiger partial charge in [0.25, 0.3) is 17.8 Å². The zero-order valence-electron chi connectivity index (χ0n) is 20.6. The Morgan fingerprint density at radius 1 is 0.946 bits per heavy atom. The second-order valence-electron chi connectivity index (χ2n) is 9.21. The van der Waals surface area contributed by atoms with Crippen LogP contribution in [0.5, 0.6) is 0 Å². The molecule has 0 bridgehead atoms. The average molecular weight is 519 g/mol. The first-order chi connectivity index (χ1) is 17.9. The lowest BCUT2D eigenvalue weighted by atomic mass is 9.89. The predicted octanol–water partition coefficient (Wildman–Crippen LogP) is 5.93. The molecule has 190 valence electrons. The molecule has 0 spiro atoms. The summed E-state index contributed by atoms with van der Waals surface area (Å²) in [6.07, 6.45) is 3.12. The number of nitrogens with one attached hydrogen (secondary N) is 1. The van der Waals surface area contributed by atoms with Crippen molar-refractivity contribution in [2.24, 2.45) is 0 Å². The minimum atomic E-state index is -0.350. The van der Waals surface area contributed by atoms with E-state index < -0.39 is 0 Å². The molecule has 2 aromatic heterocycles. The molecule has 0 atom stereocenters. The molecule has 5 rings (SSSR count). The van der Waals surface area contributed by atoms with Crippen LogP contribution in [0.1, 0.15) is 45.4 Å². The Labute approximate surface area is 219 Å². The van der Waals surface area contributed by atoms with E-state index in [1.165, 1.54) is 11.8 Å². The van der Waals surface area contributed by atoms with Gasteiger partial charge in [0.1, 0.15) is 5.76 Å². The average Bonchev–Trinajstić information content (AvgIpc) is 3.60. The summed E-state index contributed by atoms with van der Waals surface area (Å²) in [4.78, 5) is 33.0. The molecule has 1 aliphatic rings. The van der Waals surface area contributed by atoms with Crippen molar-refractivity contribution in [3.63, 3.8) is 0 Å². The third-order valence-electron chi connectivity index (χ3n) is 6.47. The molecule has 3 heterocycles. The molecule has 2 aromatic carbocycles. The second-order valence-corrected chi connectivity index (χ2v) is 9.65. The Morgan fingerprint density at radius 3 is 2.30 bits per heavy atom. The van der Waals surface area contributed by atoms with E-state index in [9.17, 15) is 9.59 Å². The number of nitrogens with zero attached hydrogens (tertiary/aromatic N) is 3. The van der Waals surface area contributed by atoms with Crippen LogP contribution in [0.4, 0.5) is 11.7 Å². The summed E-state index contributed by atoms with van der Waals surface area (Å²) in [5.41, 5.74) is 2.74. The van der Waals surface area contributed by atoms with E-state index in [4.69, 9.17) is 20.4 Å². The van der Waals surface area contributed by atoms with Crippen molar-refractivity contribution < 1.29 is 18.4 Å². The number of amides is 2. The highest BCUT2D eigenvalue weighted by atomic mass is 35.5. The smallest absolute Gasteiger partial charge is 0.297 e. The van der Waals surface area contributed by atoms with Gasteiger partial charge in [0, 0.05) is 43.5 Å². The van der Waals surface area contributed by atoms with Crippen LogP contribution in [-0.2, 0) is 0 Å². The van der Waals surface area contributed by atoms with E-state index in [0.717, 1.165) is 18.4 Å². The number of hydrogen-bond donors (Lipinski definition) is 1. The maximum atomic E-state index is 13.0. The van der Waals surface area contributed by atoms with Crippen LogP contribution >= 0.6 is 11.6 Å². The molecule has 1 N–H and O–H groups in total. The summed E-state index contributed by atoms with van der Waals surface area (Å²) in [5, 5.41) is 3.49. The lowest BCUT2D eigenvalue weighted by Gasteiger charge is -2.31. The van der Waals surface area contributed by atoms with E-state index in [1.54, 1.807) is 37.2 Å². The lowest BCUT2D eigenvalue weighted by molar-refractivity contribution is 0.0681. The molecule has 1 fully saturated rings. The minimum absolute atomic E-state index is 0.0958. The highest BCUT2D eigenvalue weighted by Gasteiger charge is 2.26. The van der Waals surface area contributed by atoms with Crippen molar-refractivity contribution in [1.82, 2.24) is 9.88 Å². The third kappa shape index (κ3) is 5.54. The number of carbonyl (C=O) groups excluding carboxylic acids is 2. The van der Waals surface area contributed by atoms with Crippen molar-refractivity contribution in [3.05, 3.63) is 89.0 Å². The SMILES string of the molecule is CN(C)c1ncc(C(=O)Nc2ccc(C3CCN(C(=O)c4ccc(-c5ccc(Cl)cc5)o4)CC3)cc2)o1. The third-order valence-corrected chi connectivity index (χ3v) is 6.72. The first-order valence-electron chi connectivity index (χ1n) is 12.1. The highest BCUT2D eigenvalue weighted by molar-refractivity contribution is 6.30. The van der Waals surface area contributed by atoms with Gasteiger partial charge in [-0.15, -0.1) is 0 Å². The molecule has 1 saturated heterocycles. The van der Waals surface area contributed by atoms with Gasteiger partial charge >= 0.3 is 0 Å². The summed E-state index contributed by atoms with van der Waals surface area (Å²) >= 11 is 5.96. The molecule has 37 heavy (non-hydrogen) atoms. The Hall–Kier alpha value is -4.04. The molecule has 8 nitrogen and oxygen atoms in total. The number of benzene rings is 2. The van der Waals surface area contributed by atoms with E-state index >= 15 is 0 Å². The monoisotopic (exact) mass is 518 g/mol. The predicted molar refractivity (Wildman–Crippen MR) is 142 cm³/mol. The van der Waals surface area contributed by atoms with Gasteiger partial charge in [0.05, 0.1) is 6.20 Å². The van der Waals surface area contributed by atoms with Gasteiger partial charge < -0.3 is 24.0 Å². The first-order valence-corrected chi connectivity index (χ1v) is 12.4. The quantitative estimate of drug-likeness (QED) is 0.340. The van der Waals surface area contributed by atoms with Gasteiger partial charge in [0.2, 0.25) is 5.76 Å². The van der Waals surface area contributed by atoms with Crippen molar-refractivity contribution in [3.8, 4) is 11.3 Å². The van der Waals surface area contributed by atoms with E-state index in [1.807, 2.05) is 47.4 Å². The van der Waals surface area contributed by atoms with Crippen LogP contribution in [0.25, 0.3) is 11.3 Å². The lowest BCUT2D eigenvalue weighted by Crippen LogP contribution is -2.37. The maximum absolute atomic E-state index is 13.0. The maximum Gasteiger partial charge on any atom is 0.297 e. The molecule has 0 aliphatic carbocycles. The minimum Gasteiger partial charge on any atom is -0.451 e. The number of piperidine rings is 1. The Morgan fingerprint density at radius 2 is 1.65 bits per heavy atom. The van der Waals surface area contributed by atoms with E-state index in [0.29, 0.717) is 47.3 Å². The largest absolute Gasteiger partial charge is 0.451 e. The molecule has 0 saturated carbocycles. The molecule has 4 aromatic rings. The van der Waals surface area contributed by atoms with Gasteiger partial charge in [-0.25, -0.2) is 4.98 Å². The Balaban J connectivity index is 1.15. The van der Waals surface area contributed by atoms with Crippen molar-refractivity contribution >= 4 is 35.1 Å². The zero-order valence-corrected chi connectivity index (χ0v) is 21.4. The number of oxazole rings is 1. The number of halogens is 1. The van der Waals surface area contributed by atoms with Gasteiger partial charge in [-0.1, -0.05) is 23.7 Å². The van der Waals surface area contributed by atoms with Crippen LogP contribution in [0, 0.1) is 0 Å². The fourth-order valence-corrected chi connectivity index (χ4v) is 4.53. The Bertz CT molecular complexity index is 1380. The number of hydrogen-bond acceptors (Lipinski definition) is 6. The molecular formula is C28H27ClN4O4. The number of furan rings is 1. The molecule has 0 unspecified atom stereocenters. The van der Waals surface area contributed by atoms with Crippen LogP contribution in [0.15, 0.2) is 75.7 Å². The number of carbonyl (C=O) groups is 2. The van der Waals surface area contributed by atoms with Crippen molar-refractivity contribution in [1.29, 1.82) is 0 Å². The van der Waals surface area contributed by atoms with Gasteiger partial charge in [-0.2, -0.15) is 0 Å². The molecule has 2 amide bonds. The number of aromatic nitrogens is 1. The second kappa shape index (κ2) is 10.5. The molecule has 1 aliphatic heterocycles. The van der Waals surface area contributed by atoms with Crippen LogP contribution in [0.3, 0.4) is 0 Å². The highest BCUT2D eigenvalue weighted by Crippen LogP contribution is 2.31. The van der Waals surface area contributed by atoms with Gasteiger partial charge in [-0.3, -0.25) is 9.59 Å². The summed E-state index contributed by atoms with van der Waals surface area (Å²) < 4.78 is 11.3. The first kappa shape index (κ1) is 24.6.